The SMILES string of the molecule is CCNCc1cc(F)c(Oc2cccc(Br)c2)c(F)c1. The van der Waals surface area contributed by atoms with Gasteiger partial charge in [-0.15, -0.1) is 0 Å². The van der Waals surface area contributed by atoms with Gasteiger partial charge in [-0.25, -0.2) is 8.78 Å². The quantitative estimate of drug-likeness (QED) is 0.856. The van der Waals surface area contributed by atoms with E-state index in [1.54, 1.807) is 24.3 Å². The molecule has 0 bridgehead atoms. The zero-order valence-electron chi connectivity index (χ0n) is 10.9. The number of hydrogen-bond acceptors (Lipinski definition) is 2. The first-order chi connectivity index (χ1) is 9.60. The van der Waals surface area contributed by atoms with E-state index in [0.717, 1.165) is 11.0 Å². The van der Waals surface area contributed by atoms with Crippen molar-refractivity contribution in [3.8, 4) is 11.5 Å². The molecule has 2 rings (SSSR count). The molecular formula is C15H14BrF2NO. The lowest BCUT2D eigenvalue weighted by Crippen LogP contribution is -2.12. The van der Waals surface area contributed by atoms with Crippen molar-refractivity contribution >= 4 is 15.9 Å². The molecule has 0 heterocycles. The van der Waals surface area contributed by atoms with Gasteiger partial charge in [0, 0.05) is 11.0 Å². The maximum Gasteiger partial charge on any atom is 0.198 e. The topological polar surface area (TPSA) is 21.3 Å². The average Bonchev–Trinajstić information content (AvgIpc) is 2.40. The molecule has 0 aliphatic rings. The van der Waals surface area contributed by atoms with Crippen LogP contribution in [0.15, 0.2) is 40.9 Å². The molecule has 1 N–H and O–H groups in total. The molecule has 0 aromatic heterocycles. The first-order valence-electron chi connectivity index (χ1n) is 6.22. The molecule has 2 aromatic carbocycles. The van der Waals surface area contributed by atoms with E-state index in [4.69, 9.17) is 4.74 Å². The maximum absolute atomic E-state index is 13.9. The zero-order chi connectivity index (χ0) is 14.5. The third-order valence-electron chi connectivity index (χ3n) is 2.65. The van der Waals surface area contributed by atoms with Crippen LogP contribution in [0, 0.1) is 11.6 Å². The number of halogens is 3. The Morgan fingerprint density at radius 3 is 2.45 bits per heavy atom. The summed E-state index contributed by atoms with van der Waals surface area (Å²) >= 11 is 3.28. The lowest BCUT2D eigenvalue weighted by molar-refractivity contribution is 0.406. The highest BCUT2D eigenvalue weighted by atomic mass is 79.9. The second-order valence-electron chi connectivity index (χ2n) is 4.23. The molecule has 0 fully saturated rings. The van der Waals surface area contributed by atoms with E-state index in [1.807, 2.05) is 6.92 Å². The predicted molar refractivity (Wildman–Crippen MR) is 78.0 cm³/mol. The number of rotatable bonds is 5. The van der Waals surface area contributed by atoms with Gasteiger partial charge < -0.3 is 10.1 Å². The summed E-state index contributed by atoms with van der Waals surface area (Å²) < 4.78 is 33.9. The molecule has 2 aromatic rings. The highest BCUT2D eigenvalue weighted by molar-refractivity contribution is 9.10. The van der Waals surface area contributed by atoms with Crippen LogP contribution < -0.4 is 10.1 Å². The molecule has 0 saturated carbocycles. The summed E-state index contributed by atoms with van der Waals surface area (Å²) in [6.07, 6.45) is 0. The Bertz CT molecular complexity index is 581. The summed E-state index contributed by atoms with van der Waals surface area (Å²) in [4.78, 5) is 0. The monoisotopic (exact) mass is 341 g/mol. The molecule has 0 saturated heterocycles. The maximum atomic E-state index is 13.9. The molecule has 20 heavy (non-hydrogen) atoms. The van der Waals surface area contributed by atoms with Crippen LogP contribution in [0.3, 0.4) is 0 Å². The summed E-state index contributed by atoms with van der Waals surface area (Å²) in [6, 6.07) is 9.37. The zero-order valence-corrected chi connectivity index (χ0v) is 12.5. The van der Waals surface area contributed by atoms with Gasteiger partial charge in [-0.3, -0.25) is 0 Å². The largest absolute Gasteiger partial charge is 0.451 e. The Balaban J connectivity index is 2.24. The Hall–Kier alpha value is -1.46. The van der Waals surface area contributed by atoms with Crippen molar-refractivity contribution in [3.63, 3.8) is 0 Å². The molecule has 0 radical (unpaired) electrons. The van der Waals surface area contributed by atoms with Crippen molar-refractivity contribution in [3.05, 3.63) is 58.1 Å². The third kappa shape index (κ3) is 3.77. The van der Waals surface area contributed by atoms with Crippen LogP contribution in [0.25, 0.3) is 0 Å². The van der Waals surface area contributed by atoms with Crippen LogP contribution in [0.2, 0.25) is 0 Å². The second-order valence-corrected chi connectivity index (χ2v) is 5.14. The lowest BCUT2D eigenvalue weighted by Gasteiger charge is -2.10. The van der Waals surface area contributed by atoms with Crippen LogP contribution in [-0.4, -0.2) is 6.54 Å². The predicted octanol–water partition coefficient (Wildman–Crippen LogP) is 4.63. The van der Waals surface area contributed by atoms with Crippen LogP contribution in [-0.2, 0) is 6.54 Å². The van der Waals surface area contributed by atoms with E-state index >= 15 is 0 Å². The minimum Gasteiger partial charge on any atom is -0.451 e. The highest BCUT2D eigenvalue weighted by Crippen LogP contribution is 2.29. The van der Waals surface area contributed by atoms with Gasteiger partial charge >= 0.3 is 0 Å². The summed E-state index contributed by atoms with van der Waals surface area (Å²) in [7, 11) is 0. The van der Waals surface area contributed by atoms with Crippen molar-refractivity contribution < 1.29 is 13.5 Å². The number of nitrogens with one attached hydrogen (secondary N) is 1. The Kier molecular flexibility index (Phi) is 5.09. The molecule has 0 atom stereocenters. The molecule has 0 unspecified atom stereocenters. The first-order valence-corrected chi connectivity index (χ1v) is 7.01. The molecule has 0 aliphatic heterocycles. The Labute approximate surface area is 124 Å². The molecule has 2 nitrogen and oxygen atoms in total. The molecule has 0 spiro atoms. The van der Waals surface area contributed by atoms with Crippen LogP contribution in [0.5, 0.6) is 11.5 Å². The minimum absolute atomic E-state index is 0.372. The Morgan fingerprint density at radius 2 is 1.85 bits per heavy atom. The molecular weight excluding hydrogens is 328 g/mol. The fourth-order valence-electron chi connectivity index (χ4n) is 1.73. The normalized spacial score (nSPS) is 10.6. The van der Waals surface area contributed by atoms with Crippen LogP contribution in [0.4, 0.5) is 8.78 Å². The van der Waals surface area contributed by atoms with E-state index < -0.39 is 11.6 Å². The van der Waals surface area contributed by atoms with E-state index in [0.29, 0.717) is 17.9 Å². The molecule has 106 valence electrons. The van der Waals surface area contributed by atoms with Crippen molar-refractivity contribution in [2.45, 2.75) is 13.5 Å². The van der Waals surface area contributed by atoms with Crippen LogP contribution in [0.1, 0.15) is 12.5 Å². The van der Waals surface area contributed by atoms with Gasteiger partial charge in [-0.05, 0) is 42.4 Å². The smallest absolute Gasteiger partial charge is 0.198 e. The van der Waals surface area contributed by atoms with Crippen molar-refractivity contribution in [2.75, 3.05) is 6.54 Å². The van der Waals surface area contributed by atoms with Crippen molar-refractivity contribution in [2.24, 2.45) is 0 Å². The fourth-order valence-corrected chi connectivity index (χ4v) is 2.11. The van der Waals surface area contributed by atoms with Crippen LogP contribution >= 0.6 is 15.9 Å². The van der Waals surface area contributed by atoms with Gasteiger partial charge in [-0.1, -0.05) is 28.9 Å². The average molecular weight is 342 g/mol. The number of benzene rings is 2. The molecule has 0 amide bonds. The van der Waals surface area contributed by atoms with E-state index in [9.17, 15) is 8.78 Å². The van der Waals surface area contributed by atoms with Gasteiger partial charge in [0.1, 0.15) is 5.75 Å². The molecule has 0 aliphatic carbocycles. The third-order valence-corrected chi connectivity index (χ3v) is 3.15. The Morgan fingerprint density at radius 1 is 1.15 bits per heavy atom. The first kappa shape index (κ1) is 14.9. The van der Waals surface area contributed by atoms with Gasteiger partial charge in [0.2, 0.25) is 0 Å². The molecule has 5 heteroatoms. The summed E-state index contributed by atoms with van der Waals surface area (Å²) in [5.41, 5.74) is 0.545. The van der Waals surface area contributed by atoms with Crippen molar-refractivity contribution in [1.82, 2.24) is 5.32 Å². The van der Waals surface area contributed by atoms with Crippen molar-refractivity contribution in [1.29, 1.82) is 0 Å². The van der Waals surface area contributed by atoms with Gasteiger partial charge in [0.25, 0.3) is 0 Å². The fraction of sp³-hybridized carbons (Fsp3) is 0.200. The summed E-state index contributed by atoms with van der Waals surface area (Å²) in [5, 5.41) is 3.02. The summed E-state index contributed by atoms with van der Waals surface area (Å²) in [5.74, 6) is -1.43. The summed E-state index contributed by atoms with van der Waals surface area (Å²) in [6.45, 7) is 3.08. The number of hydrogen-bond donors (Lipinski definition) is 1. The van der Waals surface area contributed by atoms with E-state index in [1.165, 1.54) is 12.1 Å². The minimum atomic E-state index is -0.710. The number of ether oxygens (including phenoxy) is 1. The lowest BCUT2D eigenvalue weighted by atomic mass is 10.2. The van der Waals surface area contributed by atoms with Gasteiger partial charge in [-0.2, -0.15) is 0 Å². The van der Waals surface area contributed by atoms with Gasteiger partial charge in [0.05, 0.1) is 0 Å². The van der Waals surface area contributed by atoms with E-state index in [2.05, 4.69) is 21.2 Å². The standard InChI is InChI=1S/C15H14BrF2NO/c1-2-19-9-10-6-13(17)15(14(18)7-10)20-12-5-3-4-11(16)8-12/h3-8,19H,2,9H2,1H3. The highest BCUT2D eigenvalue weighted by Gasteiger charge is 2.13. The van der Waals surface area contributed by atoms with Gasteiger partial charge in [0.15, 0.2) is 17.4 Å². The van der Waals surface area contributed by atoms with E-state index in [-0.39, 0.29) is 5.75 Å². The second kappa shape index (κ2) is 6.81.